The molecule has 0 amide bonds. The van der Waals surface area contributed by atoms with Crippen LogP contribution in [0.25, 0.3) is 0 Å². The lowest BCUT2D eigenvalue weighted by Gasteiger charge is -2.14. The molecule has 152 valence electrons. The largest absolute Gasteiger partial charge is 0.508 e. The van der Waals surface area contributed by atoms with Crippen molar-refractivity contribution in [1.82, 2.24) is 0 Å². The molecule has 3 nitrogen and oxygen atoms in total. The van der Waals surface area contributed by atoms with Gasteiger partial charge in [0.05, 0.1) is 11.4 Å². The van der Waals surface area contributed by atoms with Gasteiger partial charge in [0, 0.05) is 34.5 Å². The van der Waals surface area contributed by atoms with Crippen LogP contribution in [0.15, 0.2) is 77.6 Å². The van der Waals surface area contributed by atoms with Gasteiger partial charge in [-0.15, -0.1) is 0 Å². The molecule has 0 aromatic heterocycles. The molecule has 1 heterocycles. The number of phenolic OH excluding ortho intramolecular Hbond substituents is 1. The van der Waals surface area contributed by atoms with Crippen LogP contribution in [0.1, 0.15) is 41.7 Å². The number of benzene rings is 3. The number of nitrogens with one attached hydrogen (secondary N) is 1. The van der Waals surface area contributed by atoms with E-state index in [1.807, 2.05) is 36.5 Å². The van der Waals surface area contributed by atoms with Gasteiger partial charge in [0.2, 0.25) is 0 Å². The molecule has 0 aliphatic carbocycles. The molecule has 2 N–H and O–H groups in total. The van der Waals surface area contributed by atoms with Gasteiger partial charge in [0.15, 0.2) is 0 Å². The normalized spacial score (nSPS) is 13.0. The van der Waals surface area contributed by atoms with E-state index in [1.165, 1.54) is 16.7 Å². The van der Waals surface area contributed by atoms with Crippen LogP contribution in [0.2, 0.25) is 5.02 Å². The van der Waals surface area contributed by atoms with Crippen molar-refractivity contribution in [3.63, 3.8) is 0 Å². The van der Waals surface area contributed by atoms with E-state index < -0.39 is 0 Å². The number of phenols is 1. The Labute approximate surface area is 182 Å². The maximum atomic E-state index is 9.73. The molecule has 0 saturated heterocycles. The fourth-order valence-corrected chi connectivity index (χ4v) is 4.10. The Morgan fingerprint density at radius 1 is 0.933 bits per heavy atom. The molecule has 3 aromatic carbocycles. The number of hydrogen-bond donors (Lipinski definition) is 2. The summed E-state index contributed by atoms with van der Waals surface area (Å²) in [5, 5.41) is 13.8. The van der Waals surface area contributed by atoms with Crippen LogP contribution in [-0.2, 0) is 19.3 Å². The fourth-order valence-electron chi connectivity index (χ4n) is 3.92. The zero-order chi connectivity index (χ0) is 21.1. The third-order valence-electron chi connectivity index (χ3n) is 5.52. The summed E-state index contributed by atoms with van der Waals surface area (Å²) in [4.78, 5) is 5.08. The monoisotopic (exact) mass is 416 g/mol. The first-order valence-electron chi connectivity index (χ1n) is 10.3. The van der Waals surface area contributed by atoms with Crippen LogP contribution in [0.3, 0.4) is 0 Å². The third-order valence-corrected chi connectivity index (χ3v) is 5.75. The summed E-state index contributed by atoms with van der Waals surface area (Å²) < 4.78 is 0. The highest BCUT2D eigenvalue weighted by Gasteiger charge is 2.18. The fraction of sp³-hybridized carbons (Fsp3) is 0.192. The Bertz CT molecular complexity index is 1110. The molecule has 4 heteroatoms. The van der Waals surface area contributed by atoms with Crippen molar-refractivity contribution < 1.29 is 5.11 Å². The average molecular weight is 417 g/mol. The van der Waals surface area contributed by atoms with Gasteiger partial charge in [0.25, 0.3) is 0 Å². The molecule has 0 fully saturated rings. The maximum absolute atomic E-state index is 9.73. The van der Waals surface area contributed by atoms with Crippen molar-refractivity contribution in [3.8, 4) is 5.75 Å². The second kappa shape index (κ2) is 8.76. The van der Waals surface area contributed by atoms with Gasteiger partial charge in [-0.3, -0.25) is 4.99 Å². The lowest BCUT2D eigenvalue weighted by Crippen LogP contribution is -2.06. The lowest BCUT2D eigenvalue weighted by molar-refractivity contribution is 0.475. The zero-order valence-electron chi connectivity index (χ0n) is 17.2. The number of aromatic hydroxyl groups is 1. The highest BCUT2D eigenvalue weighted by Crippen LogP contribution is 2.30. The van der Waals surface area contributed by atoms with Crippen molar-refractivity contribution in [2.24, 2.45) is 4.99 Å². The van der Waals surface area contributed by atoms with E-state index in [2.05, 4.69) is 37.4 Å². The Morgan fingerprint density at radius 3 is 2.30 bits per heavy atom. The number of anilines is 1. The Morgan fingerprint density at radius 2 is 1.63 bits per heavy atom. The van der Waals surface area contributed by atoms with Gasteiger partial charge in [0.1, 0.15) is 5.75 Å². The standard InChI is InChI=1S/C26H25ClN2O/c1-3-17-6-5-7-18(4-2)23(17)15-21-16-28-25-13-10-20(27)14-24(25)26(29-21)19-8-11-22(30)12-9-19/h5-14,16,28,30H,3-4,15H2,1-2H3. The molecule has 0 unspecified atom stereocenters. The molecule has 3 aromatic rings. The number of halogens is 1. The Kier molecular flexibility index (Phi) is 5.91. The number of rotatable bonds is 5. The van der Waals surface area contributed by atoms with Crippen LogP contribution in [0.5, 0.6) is 5.75 Å². The molecule has 0 radical (unpaired) electrons. The van der Waals surface area contributed by atoms with Gasteiger partial charge in [-0.1, -0.05) is 43.6 Å². The molecule has 0 atom stereocenters. The van der Waals surface area contributed by atoms with E-state index in [-0.39, 0.29) is 5.75 Å². The van der Waals surface area contributed by atoms with Gasteiger partial charge in [-0.05, 0) is 72.0 Å². The number of allylic oxidation sites excluding steroid dienone is 1. The van der Waals surface area contributed by atoms with Crippen LogP contribution in [0, 0.1) is 0 Å². The molecular weight excluding hydrogens is 392 g/mol. The number of hydrogen-bond acceptors (Lipinski definition) is 3. The predicted octanol–water partition coefficient (Wildman–Crippen LogP) is 6.52. The zero-order valence-corrected chi connectivity index (χ0v) is 18.0. The topological polar surface area (TPSA) is 44.6 Å². The number of nitrogens with zero attached hydrogens (tertiary/aromatic N) is 1. The van der Waals surface area contributed by atoms with E-state index >= 15 is 0 Å². The minimum absolute atomic E-state index is 0.234. The highest BCUT2D eigenvalue weighted by atomic mass is 35.5. The molecule has 30 heavy (non-hydrogen) atoms. The van der Waals surface area contributed by atoms with Crippen LogP contribution >= 0.6 is 11.6 Å². The second-order valence-electron chi connectivity index (χ2n) is 7.42. The van der Waals surface area contributed by atoms with E-state index in [0.29, 0.717) is 5.02 Å². The molecule has 1 aliphatic heterocycles. The summed E-state index contributed by atoms with van der Waals surface area (Å²) in [6, 6.07) is 19.5. The SMILES string of the molecule is CCc1cccc(CC)c1CC1=CNc2ccc(Cl)cc2C(c2ccc(O)cc2)=N1. The summed E-state index contributed by atoms with van der Waals surface area (Å²) in [5.74, 6) is 0.234. The predicted molar refractivity (Wildman–Crippen MR) is 126 cm³/mol. The number of fused-ring (bicyclic) bond motifs is 1. The Balaban J connectivity index is 1.82. The van der Waals surface area contributed by atoms with Crippen molar-refractivity contribution in [2.75, 3.05) is 5.32 Å². The smallest absolute Gasteiger partial charge is 0.115 e. The summed E-state index contributed by atoms with van der Waals surface area (Å²) in [7, 11) is 0. The quantitative estimate of drug-likeness (QED) is 0.497. The summed E-state index contributed by atoms with van der Waals surface area (Å²) >= 11 is 6.31. The summed E-state index contributed by atoms with van der Waals surface area (Å²) in [5.41, 5.74) is 8.72. The minimum atomic E-state index is 0.234. The molecular formula is C26H25ClN2O. The van der Waals surface area contributed by atoms with E-state index in [0.717, 1.165) is 47.5 Å². The van der Waals surface area contributed by atoms with Gasteiger partial charge < -0.3 is 10.4 Å². The van der Waals surface area contributed by atoms with Crippen LogP contribution in [-0.4, -0.2) is 10.8 Å². The maximum Gasteiger partial charge on any atom is 0.115 e. The summed E-state index contributed by atoms with van der Waals surface area (Å²) in [6.07, 6.45) is 4.73. The second-order valence-corrected chi connectivity index (χ2v) is 7.85. The Hall–Kier alpha value is -3.04. The average Bonchev–Trinajstić information content (AvgIpc) is 2.94. The van der Waals surface area contributed by atoms with Crippen molar-refractivity contribution in [1.29, 1.82) is 0 Å². The van der Waals surface area contributed by atoms with Gasteiger partial charge >= 0.3 is 0 Å². The van der Waals surface area contributed by atoms with E-state index in [4.69, 9.17) is 16.6 Å². The van der Waals surface area contributed by atoms with Gasteiger partial charge in [-0.2, -0.15) is 0 Å². The molecule has 0 bridgehead atoms. The van der Waals surface area contributed by atoms with Crippen molar-refractivity contribution in [2.45, 2.75) is 33.1 Å². The van der Waals surface area contributed by atoms with E-state index in [9.17, 15) is 5.11 Å². The molecule has 4 rings (SSSR count). The van der Waals surface area contributed by atoms with Gasteiger partial charge in [-0.25, -0.2) is 0 Å². The van der Waals surface area contributed by atoms with Crippen LogP contribution < -0.4 is 5.32 Å². The minimum Gasteiger partial charge on any atom is -0.508 e. The molecule has 0 spiro atoms. The number of aryl methyl sites for hydroxylation is 2. The van der Waals surface area contributed by atoms with Crippen molar-refractivity contribution in [3.05, 3.63) is 105 Å². The first-order chi connectivity index (χ1) is 14.6. The first-order valence-corrected chi connectivity index (χ1v) is 10.7. The van der Waals surface area contributed by atoms with Crippen LogP contribution in [0.4, 0.5) is 5.69 Å². The lowest BCUT2D eigenvalue weighted by atomic mass is 9.94. The highest BCUT2D eigenvalue weighted by molar-refractivity contribution is 6.31. The van der Waals surface area contributed by atoms with Crippen molar-refractivity contribution >= 4 is 23.0 Å². The molecule has 0 saturated carbocycles. The summed E-state index contributed by atoms with van der Waals surface area (Å²) in [6.45, 7) is 4.39. The third kappa shape index (κ3) is 4.12. The first kappa shape index (κ1) is 20.2. The number of aliphatic imine (C=N–C) groups is 1. The molecule has 1 aliphatic rings. The van der Waals surface area contributed by atoms with E-state index in [1.54, 1.807) is 12.1 Å².